The van der Waals surface area contributed by atoms with Crippen molar-refractivity contribution in [3.8, 4) is 5.69 Å². The highest BCUT2D eigenvalue weighted by molar-refractivity contribution is 5.33. The van der Waals surface area contributed by atoms with Gasteiger partial charge in [-0.25, -0.2) is 4.68 Å². The molecule has 4 heteroatoms. The fraction of sp³-hybridized carbons (Fsp3) is 0.471. The predicted octanol–water partition coefficient (Wildman–Crippen LogP) is 2.66. The number of aromatic nitrogens is 2. The van der Waals surface area contributed by atoms with E-state index in [9.17, 15) is 5.11 Å². The minimum absolute atomic E-state index is 0.0705. The van der Waals surface area contributed by atoms with Gasteiger partial charge in [-0.1, -0.05) is 31.4 Å². The maximum atomic E-state index is 9.71. The number of hydrogen-bond acceptors (Lipinski definition) is 3. The summed E-state index contributed by atoms with van der Waals surface area (Å²) in [5, 5.41) is 17.5. The van der Waals surface area contributed by atoms with Crippen molar-refractivity contribution >= 4 is 0 Å². The van der Waals surface area contributed by atoms with E-state index in [-0.39, 0.29) is 12.1 Å². The van der Waals surface area contributed by atoms with Crippen LogP contribution in [-0.2, 0) is 6.54 Å². The van der Waals surface area contributed by atoms with E-state index in [2.05, 4.69) is 34.7 Å². The van der Waals surface area contributed by atoms with Gasteiger partial charge in [0.05, 0.1) is 12.3 Å². The lowest BCUT2D eigenvalue weighted by Crippen LogP contribution is -2.49. The Bertz CT molecular complexity index is 542. The third-order valence-corrected chi connectivity index (χ3v) is 4.49. The van der Waals surface area contributed by atoms with Gasteiger partial charge in [0.1, 0.15) is 0 Å². The lowest BCUT2D eigenvalue weighted by molar-refractivity contribution is 0.119. The number of aliphatic hydroxyl groups is 1. The van der Waals surface area contributed by atoms with Gasteiger partial charge in [0.2, 0.25) is 0 Å². The molecule has 0 amide bonds. The Balaban J connectivity index is 1.62. The van der Waals surface area contributed by atoms with Crippen LogP contribution in [0.4, 0.5) is 0 Å². The highest BCUT2D eigenvalue weighted by Crippen LogP contribution is 2.28. The van der Waals surface area contributed by atoms with Crippen molar-refractivity contribution in [2.45, 2.75) is 44.2 Å². The summed E-state index contributed by atoms with van der Waals surface area (Å²) in [6.45, 7) is 1.04. The smallest absolute Gasteiger partial charge is 0.0645 e. The van der Waals surface area contributed by atoms with Crippen LogP contribution >= 0.6 is 0 Å². The van der Waals surface area contributed by atoms with E-state index in [1.54, 1.807) is 6.20 Å². The molecule has 0 radical (unpaired) electrons. The lowest BCUT2D eigenvalue weighted by atomic mass is 9.82. The monoisotopic (exact) mass is 285 g/mol. The quantitative estimate of drug-likeness (QED) is 0.888. The minimum atomic E-state index is -0.0705. The summed E-state index contributed by atoms with van der Waals surface area (Å²) in [5.74, 6) is 0. The first-order valence-electron chi connectivity index (χ1n) is 7.76. The molecule has 1 heterocycles. The number of nitrogens with zero attached hydrogens (tertiary/aromatic N) is 2. The Labute approximate surface area is 125 Å². The van der Waals surface area contributed by atoms with E-state index >= 15 is 0 Å². The number of rotatable bonds is 5. The van der Waals surface area contributed by atoms with E-state index in [1.807, 2.05) is 16.9 Å². The minimum Gasteiger partial charge on any atom is -0.394 e. The van der Waals surface area contributed by atoms with Crippen LogP contribution in [0.1, 0.15) is 37.7 Å². The molecule has 1 saturated carbocycles. The van der Waals surface area contributed by atoms with Gasteiger partial charge in [-0.15, -0.1) is 0 Å². The van der Waals surface area contributed by atoms with Crippen LogP contribution in [0.5, 0.6) is 0 Å². The Morgan fingerprint density at radius 3 is 2.52 bits per heavy atom. The molecule has 0 unspecified atom stereocenters. The summed E-state index contributed by atoms with van der Waals surface area (Å²) in [6.07, 6.45) is 9.60. The van der Waals surface area contributed by atoms with E-state index < -0.39 is 0 Å². The van der Waals surface area contributed by atoms with Gasteiger partial charge in [-0.2, -0.15) is 5.10 Å². The average Bonchev–Trinajstić information content (AvgIpc) is 3.09. The van der Waals surface area contributed by atoms with Crippen molar-refractivity contribution in [3.63, 3.8) is 0 Å². The van der Waals surface area contributed by atoms with Crippen molar-refractivity contribution in [2.24, 2.45) is 0 Å². The lowest BCUT2D eigenvalue weighted by Gasteiger charge is -2.36. The summed E-state index contributed by atoms with van der Waals surface area (Å²) >= 11 is 0. The largest absolute Gasteiger partial charge is 0.394 e. The molecule has 0 aliphatic heterocycles. The van der Waals surface area contributed by atoms with Crippen LogP contribution in [0.15, 0.2) is 42.7 Å². The Kier molecular flexibility index (Phi) is 4.36. The second-order valence-electron chi connectivity index (χ2n) is 5.97. The molecule has 4 nitrogen and oxygen atoms in total. The number of hydrogen-bond donors (Lipinski definition) is 2. The highest BCUT2D eigenvalue weighted by Gasteiger charge is 2.30. The molecule has 0 spiro atoms. The molecular weight excluding hydrogens is 262 g/mol. The number of nitrogens with one attached hydrogen (secondary N) is 1. The van der Waals surface area contributed by atoms with Gasteiger partial charge in [0, 0.05) is 24.5 Å². The predicted molar refractivity (Wildman–Crippen MR) is 83.3 cm³/mol. The zero-order chi connectivity index (χ0) is 14.5. The summed E-state index contributed by atoms with van der Waals surface area (Å²) in [5.41, 5.74) is 2.24. The molecule has 1 aliphatic carbocycles. The molecule has 3 rings (SSSR count). The first-order chi connectivity index (χ1) is 10.3. The van der Waals surface area contributed by atoms with Crippen LogP contribution in [-0.4, -0.2) is 27.0 Å². The maximum Gasteiger partial charge on any atom is 0.0645 e. The summed E-state index contributed by atoms with van der Waals surface area (Å²) in [4.78, 5) is 0. The van der Waals surface area contributed by atoms with Crippen LogP contribution in [0.3, 0.4) is 0 Å². The molecule has 1 aromatic heterocycles. The Morgan fingerprint density at radius 1 is 1.14 bits per heavy atom. The number of aliphatic hydroxyl groups excluding tert-OH is 1. The van der Waals surface area contributed by atoms with E-state index in [4.69, 9.17) is 0 Å². The maximum absolute atomic E-state index is 9.71. The molecule has 1 fully saturated rings. The molecule has 2 aromatic rings. The molecule has 1 aliphatic rings. The second-order valence-corrected chi connectivity index (χ2v) is 5.97. The van der Waals surface area contributed by atoms with Gasteiger partial charge in [0.25, 0.3) is 0 Å². The van der Waals surface area contributed by atoms with Crippen molar-refractivity contribution in [2.75, 3.05) is 6.61 Å². The van der Waals surface area contributed by atoms with Crippen molar-refractivity contribution in [1.82, 2.24) is 15.1 Å². The average molecular weight is 285 g/mol. The molecule has 2 N–H and O–H groups in total. The van der Waals surface area contributed by atoms with Gasteiger partial charge < -0.3 is 10.4 Å². The van der Waals surface area contributed by atoms with Crippen molar-refractivity contribution in [3.05, 3.63) is 48.3 Å². The van der Waals surface area contributed by atoms with Crippen molar-refractivity contribution < 1.29 is 5.11 Å². The van der Waals surface area contributed by atoms with Gasteiger partial charge >= 0.3 is 0 Å². The fourth-order valence-electron chi connectivity index (χ4n) is 3.10. The second kappa shape index (κ2) is 6.41. The highest BCUT2D eigenvalue weighted by atomic mass is 16.3. The third kappa shape index (κ3) is 3.34. The fourth-order valence-corrected chi connectivity index (χ4v) is 3.10. The Hall–Kier alpha value is -1.65. The summed E-state index contributed by atoms with van der Waals surface area (Å²) in [7, 11) is 0. The van der Waals surface area contributed by atoms with E-state index in [0.29, 0.717) is 0 Å². The van der Waals surface area contributed by atoms with Crippen LogP contribution < -0.4 is 5.32 Å². The molecular formula is C17H23N3O. The van der Waals surface area contributed by atoms with Crippen LogP contribution in [0.2, 0.25) is 0 Å². The van der Waals surface area contributed by atoms with Gasteiger partial charge in [0.15, 0.2) is 0 Å². The molecule has 1 aromatic carbocycles. The standard InChI is InChI=1S/C17H23N3O/c21-14-17(9-2-1-3-10-17)18-13-15-5-7-16(8-6-15)20-12-4-11-19-20/h4-8,11-12,18,21H,1-3,9-10,13-14H2. The van der Waals surface area contributed by atoms with Gasteiger partial charge in [-0.05, 0) is 36.6 Å². The van der Waals surface area contributed by atoms with Crippen molar-refractivity contribution in [1.29, 1.82) is 0 Å². The molecule has 21 heavy (non-hydrogen) atoms. The first-order valence-corrected chi connectivity index (χ1v) is 7.76. The molecule has 0 bridgehead atoms. The summed E-state index contributed by atoms with van der Waals surface area (Å²) < 4.78 is 1.85. The molecule has 0 atom stereocenters. The van der Waals surface area contributed by atoms with Crippen LogP contribution in [0, 0.1) is 0 Å². The zero-order valence-electron chi connectivity index (χ0n) is 12.3. The van der Waals surface area contributed by atoms with Crippen LogP contribution in [0.25, 0.3) is 5.69 Å². The van der Waals surface area contributed by atoms with Gasteiger partial charge in [-0.3, -0.25) is 0 Å². The zero-order valence-corrected chi connectivity index (χ0v) is 12.3. The Morgan fingerprint density at radius 2 is 1.90 bits per heavy atom. The van der Waals surface area contributed by atoms with E-state index in [1.165, 1.54) is 24.8 Å². The molecule has 112 valence electrons. The third-order valence-electron chi connectivity index (χ3n) is 4.49. The summed E-state index contributed by atoms with van der Waals surface area (Å²) in [6, 6.07) is 10.3. The number of benzene rings is 1. The first kappa shape index (κ1) is 14.3. The normalized spacial score (nSPS) is 17.8. The topological polar surface area (TPSA) is 50.1 Å². The SMILES string of the molecule is OCC1(NCc2ccc(-n3cccn3)cc2)CCCCC1. The molecule has 0 saturated heterocycles. The van der Waals surface area contributed by atoms with E-state index in [0.717, 1.165) is 25.1 Å².